The van der Waals surface area contributed by atoms with Crippen LogP contribution in [-0.2, 0) is 0 Å². The molecule has 1 N–H and O–H groups in total. The number of benzene rings is 1. The summed E-state index contributed by atoms with van der Waals surface area (Å²) in [5, 5.41) is 0. The van der Waals surface area contributed by atoms with Crippen molar-refractivity contribution in [2.45, 2.75) is 20.0 Å². The van der Waals surface area contributed by atoms with Crippen molar-refractivity contribution in [2.75, 3.05) is 6.61 Å². The van der Waals surface area contributed by atoms with Crippen LogP contribution >= 0.6 is 0 Å². The highest BCUT2D eigenvalue weighted by Crippen LogP contribution is 2.33. The number of hydrogen-bond acceptors (Lipinski definition) is 4. The highest BCUT2D eigenvalue weighted by Gasteiger charge is 2.13. The summed E-state index contributed by atoms with van der Waals surface area (Å²) in [7, 11) is 0. The molecule has 5 heteroatoms. The number of nitrogens with zero attached hydrogens (tertiary/aromatic N) is 2. The Morgan fingerprint density at radius 1 is 1.30 bits per heavy atom. The quantitative estimate of drug-likeness (QED) is 0.700. The van der Waals surface area contributed by atoms with E-state index in [2.05, 4.69) is 21.5 Å². The van der Waals surface area contributed by atoms with Crippen molar-refractivity contribution in [1.82, 2.24) is 15.0 Å². The summed E-state index contributed by atoms with van der Waals surface area (Å²) in [4.78, 5) is 12.0. The third-order valence-corrected chi connectivity index (χ3v) is 3.22. The van der Waals surface area contributed by atoms with Crippen LogP contribution in [0.25, 0.3) is 22.4 Å². The van der Waals surface area contributed by atoms with Gasteiger partial charge in [0, 0.05) is 12.3 Å². The first-order valence-electron chi connectivity index (χ1n) is 7.52. The van der Waals surface area contributed by atoms with E-state index in [-0.39, 0.29) is 6.10 Å². The van der Waals surface area contributed by atoms with E-state index in [9.17, 15) is 0 Å². The van der Waals surface area contributed by atoms with Gasteiger partial charge in [-0.1, -0.05) is 12.7 Å². The standard InChI is InChI=1S/C18H19N3O2/c1-4-9-22-13-5-6-14(17(10-13)23-12(2)3)18-20-15-7-8-19-11-16(15)21-18/h4-8,10-12H,1,9H2,2-3H3,(H,20,21). The lowest BCUT2D eigenvalue weighted by atomic mass is 10.1. The topological polar surface area (TPSA) is 60.0 Å². The Morgan fingerprint density at radius 3 is 2.91 bits per heavy atom. The van der Waals surface area contributed by atoms with Crippen molar-refractivity contribution < 1.29 is 9.47 Å². The maximum absolute atomic E-state index is 5.93. The van der Waals surface area contributed by atoms with Crippen LogP contribution in [0.5, 0.6) is 11.5 Å². The molecule has 3 rings (SSSR count). The van der Waals surface area contributed by atoms with Gasteiger partial charge in [0.15, 0.2) is 0 Å². The maximum Gasteiger partial charge on any atom is 0.142 e. The van der Waals surface area contributed by atoms with E-state index in [4.69, 9.17) is 9.47 Å². The van der Waals surface area contributed by atoms with Crippen LogP contribution in [0.15, 0.2) is 49.3 Å². The molecule has 1 aromatic carbocycles. The zero-order valence-electron chi connectivity index (χ0n) is 13.2. The molecule has 2 aromatic heterocycles. The van der Waals surface area contributed by atoms with Gasteiger partial charge in [-0.05, 0) is 32.0 Å². The molecule has 0 spiro atoms. The van der Waals surface area contributed by atoms with E-state index < -0.39 is 0 Å². The van der Waals surface area contributed by atoms with Crippen LogP contribution in [0.1, 0.15) is 13.8 Å². The number of aromatic amines is 1. The van der Waals surface area contributed by atoms with Crippen molar-refractivity contribution >= 4 is 11.0 Å². The lowest BCUT2D eigenvalue weighted by Crippen LogP contribution is -2.07. The van der Waals surface area contributed by atoms with E-state index in [1.807, 2.05) is 38.1 Å². The van der Waals surface area contributed by atoms with Crippen LogP contribution in [-0.4, -0.2) is 27.7 Å². The molecule has 2 heterocycles. The molecule has 0 aliphatic rings. The van der Waals surface area contributed by atoms with Crippen molar-refractivity contribution in [3.05, 3.63) is 49.3 Å². The molecule has 0 saturated heterocycles. The number of rotatable bonds is 6. The fraction of sp³-hybridized carbons (Fsp3) is 0.222. The fourth-order valence-corrected chi connectivity index (χ4v) is 2.28. The van der Waals surface area contributed by atoms with Gasteiger partial charge in [-0.15, -0.1) is 0 Å². The molecule has 0 saturated carbocycles. The Morgan fingerprint density at radius 2 is 2.17 bits per heavy atom. The maximum atomic E-state index is 5.93. The first-order chi connectivity index (χ1) is 11.2. The van der Waals surface area contributed by atoms with Crippen molar-refractivity contribution in [3.63, 3.8) is 0 Å². The Kier molecular flexibility index (Phi) is 4.28. The predicted octanol–water partition coefficient (Wildman–Crippen LogP) is 3.98. The second-order valence-electron chi connectivity index (χ2n) is 5.40. The molecular weight excluding hydrogens is 290 g/mol. The monoisotopic (exact) mass is 309 g/mol. The molecule has 3 aromatic rings. The van der Waals surface area contributed by atoms with Crippen molar-refractivity contribution in [2.24, 2.45) is 0 Å². The van der Waals surface area contributed by atoms with E-state index >= 15 is 0 Å². The van der Waals surface area contributed by atoms with E-state index in [1.165, 1.54) is 0 Å². The summed E-state index contributed by atoms with van der Waals surface area (Å²) >= 11 is 0. The zero-order valence-corrected chi connectivity index (χ0v) is 13.2. The molecule has 0 unspecified atom stereocenters. The molecule has 0 bridgehead atoms. The number of fused-ring (bicyclic) bond motifs is 1. The number of ether oxygens (including phenoxy) is 2. The minimum Gasteiger partial charge on any atom is -0.490 e. The number of hydrogen-bond donors (Lipinski definition) is 1. The van der Waals surface area contributed by atoms with E-state index in [0.717, 1.165) is 33.9 Å². The van der Waals surface area contributed by atoms with Crippen LogP contribution in [0.3, 0.4) is 0 Å². The summed E-state index contributed by atoms with van der Waals surface area (Å²) in [5.74, 6) is 2.22. The van der Waals surface area contributed by atoms with Gasteiger partial charge in [-0.25, -0.2) is 4.98 Å². The summed E-state index contributed by atoms with van der Waals surface area (Å²) in [6.07, 6.45) is 5.24. The highest BCUT2D eigenvalue weighted by atomic mass is 16.5. The van der Waals surface area contributed by atoms with Crippen LogP contribution in [0.2, 0.25) is 0 Å². The number of nitrogens with one attached hydrogen (secondary N) is 1. The van der Waals surface area contributed by atoms with Gasteiger partial charge in [0.25, 0.3) is 0 Å². The number of H-pyrrole nitrogens is 1. The average molecular weight is 309 g/mol. The molecular formula is C18H19N3O2. The molecule has 0 fully saturated rings. The largest absolute Gasteiger partial charge is 0.490 e. The van der Waals surface area contributed by atoms with Crippen LogP contribution < -0.4 is 9.47 Å². The zero-order chi connectivity index (χ0) is 16.2. The Bertz CT molecular complexity index is 791. The SMILES string of the molecule is C=CCOc1ccc(-c2nc3cnccc3[nH]2)c(OC(C)C)c1. The molecule has 5 nitrogen and oxygen atoms in total. The minimum atomic E-state index is 0.0504. The van der Waals surface area contributed by atoms with Crippen molar-refractivity contribution in [1.29, 1.82) is 0 Å². The van der Waals surface area contributed by atoms with Gasteiger partial charge >= 0.3 is 0 Å². The summed E-state index contributed by atoms with van der Waals surface area (Å²) in [6.45, 7) is 8.09. The lowest BCUT2D eigenvalue weighted by molar-refractivity contribution is 0.242. The molecule has 0 aliphatic heterocycles. The summed E-state index contributed by atoms with van der Waals surface area (Å²) in [6, 6.07) is 7.62. The Labute approximate surface area is 135 Å². The second kappa shape index (κ2) is 6.52. The van der Waals surface area contributed by atoms with Crippen LogP contribution in [0, 0.1) is 0 Å². The van der Waals surface area contributed by atoms with E-state index in [1.54, 1.807) is 18.5 Å². The van der Waals surface area contributed by atoms with Gasteiger partial charge < -0.3 is 14.5 Å². The third-order valence-electron chi connectivity index (χ3n) is 3.22. The minimum absolute atomic E-state index is 0.0504. The third kappa shape index (κ3) is 3.34. The lowest BCUT2D eigenvalue weighted by Gasteiger charge is -2.14. The number of aromatic nitrogens is 3. The average Bonchev–Trinajstić information content (AvgIpc) is 2.96. The predicted molar refractivity (Wildman–Crippen MR) is 90.8 cm³/mol. The van der Waals surface area contributed by atoms with Gasteiger partial charge in [0.2, 0.25) is 0 Å². The highest BCUT2D eigenvalue weighted by molar-refractivity contribution is 5.80. The van der Waals surface area contributed by atoms with Crippen molar-refractivity contribution in [3.8, 4) is 22.9 Å². The Hall–Kier alpha value is -2.82. The molecule has 0 aliphatic carbocycles. The Balaban J connectivity index is 2.03. The number of pyridine rings is 1. The van der Waals surface area contributed by atoms with Gasteiger partial charge in [-0.2, -0.15) is 0 Å². The second-order valence-corrected chi connectivity index (χ2v) is 5.40. The molecule has 118 valence electrons. The molecule has 23 heavy (non-hydrogen) atoms. The number of imidazole rings is 1. The fourth-order valence-electron chi connectivity index (χ4n) is 2.28. The molecule has 0 amide bonds. The van der Waals surface area contributed by atoms with Crippen LogP contribution in [0.4, 0.5) is 0 Å². The van der Waals surface area contributed by atoms with Gasteiger partial charge in [0.05, 0.1) is 23.4 Å². The smallest absolute Gasteiger partial charge is 0.142 e. The molecule has 0 atom stereocenters. The first kappa shape index (κ1) is 15.1. The van der Waals surface area contributed by atoms with Gasteiger partial charge in [-0.3, -0.25) is 4.98 Å². The van der Waals surface area contributed by atoms with E-state index in [0.29, 0.717) is 6.61 Å². The summed E-state index contributed by atoms with van der Waals surface area (Å²) < 4.78 is 11.5. The molecule has 0 radical (unpaired) electrons. The first-order valence-corrected chi connectivity index (χ1v) is 7.52. The summed E-state index contributed by atoms with van der Waals surface area (Å²) in [5.41, 5.74) is 2.66. The normalized spacial score (nSPS) is 10.9. The van der Waals surface area contributed by atoms with Gasteiger partial charge in [0.1, 0.15) is 29.4 Å².